The molecule has 1 aliphatic heterocycles. The van der Waals surface area contributed by atoms with Gasteiger partial charge in [-0.1, -0.05) is 12.5 Å². The summed E-state index contributed by atoms with van der Waals surface area (Å²) >= 11 is 0. The van der Waals surface area contributed by atoms with Gasteiger partial charge in [0.2, 0.25) is 0 Å². The SMILES string of the molecule is N#Cc1cccc2c1OC1CCCCC1N2. The summed E-state index contributed by atoms with van der Waals surface area (Å²) in [5.74, 6) is 0.744. The van der Waals surface area contributed by atoms with Gasteiger partial charge in [-0.25, -0.2) is 0 Å². The number of hydrogen-bond acceptors (Lipinski definition) is 3. The molecule has 2 aliphatic rings. The molecule has 0 bridgehead atoms. The fourth-order valence-corrected chi connectivity index (χ4v) is 2.62. The van der Waals surface area contributed by atoms with Crippen molar-refractivity contribution >= 4 is 5.69 Å². The Kier molecular flexibility index (Phi) is 2.21. The molecule has 1 saturated carbocycles. The summed E-state index contributed by atoms with van der Waals surface area (Å²) in [6, 6.07) is 8.31. The second-order valence-corrected chi connectivity index (χ2v) is 4.49. The van der Waals surface area contributed by atoms with Crippen molar-refractivity contribution < 1.29 is 4.74 Å². The standard InChI is InChI=1S/C13H14N2O/c14-8-9-4-3-6-11-13(9)16-12-7-2-1-5-10(12)15-11/h3-4,6,10,12,15H,1-2,5,7H2. The first-order valence-corrected chi connectivity index (χ1v) is 5.85. The zero-order chi connectivity index (χ0) is 11.0. The Morgan fingerprint density at radius 2 is 2.19 bits per heavy atom. The topological polar surface area (TPSA) is 45.0 Å². The maximum absolute atomic E-state index is 9.03. The number of rotatable bonds is 0. The molecule has 2 atom stereocenters. The van der Waals surface area contributed by atoms with Crippen LogP contribution < -0.4 is 10.1 Å². The minimum absolute atomic E-state index is 0.246. The molecule has 1 N–H and O–H groups in total. The van der Waals surface area contributed by atoms with E-state index in [-0.39, 0.29) is 6.10 Å². The summed E-state index contributed by atoms with van der Waals surface area (Å²) in [7, 11) is 0. The molecular formula is C13H14N2O. The lowest BCUT2D eigenvalue weighted by Crippen LogP contribution is -2.43. The maximum Gasteiger partial charge on any atom is 0.160 e. The van der Waals surface area contributed by atoms with Crippen molar-refractivity contribution in [3.8, 4) is 11.8 Å². The maximum atomic E-state index is 9.03. The van der Waals surface area contributed by atoms with Gasteiger partial charge in [0.15, 0.2) is 5.75 Å². The third-order valence-corrected chi connectivity index (χ3v) is 3.45. The van der Waals surface area contributed by atoms with Crippen LogP contribution in [0.15, 0.2) is 18.2 Å². The summed E-state index contributed by atoms with van der Waals surface area (Å²) in [6.45, 7) is 0. The van der Waals surface area contributed by atoms with E-state index in [4.69, 9.17) is 10.00 Å². The number of benzene rings is 1. The number of ether oxygens (including phenoxy) is 1. The average Bonchev–Trinajstić information content (AvgIpc) is 2.35. The van der Waals surface area contributed by atoms with Crippen molar-refractivity contribution in [2.24, 2.45) is 0 Å². The molecule has 1 aromatic carbocycles. The van der Waals surface area contributed by atoms with Crippen LogP contribution in [0.3, 0.4) is 0 Å². The van der Waals surface area contributed by atoms with E-state index in [1.165, 1.54) is 19.3 Å². The van der Waals surface area contributed by atoms with Gasteiger partial charge in [-0.05, 0) is 31.4 Å². The summed E-state index contributed by atoms with van der Waals surface area (Å²) in [5, 5.41) is 12.5. The van der Waals surface area contributed by atoms with Crippen molar-refractivity contribution in [3.63, 3.8) is 0 Å². The Labute approximate surface area is 95.0 Å². The van der Waals surface area contributed by atoms with E-state index in [0.717, 1.165) is 17.9 Å². The number of hydrogen-bond donors (Lipinski definition) is 1. The highest BCUT2D eigenvalue weighted by Crippen LogP contribution is 2.38. The van der Waals surface area contributed by atoms with E-state index in [0.29, 0.717) is 11.6 Å². The average molecular weight is 214 g/mol. The predicted octanol–water partition coefficient (Wildman–Crippen LogP) is 2.67. The molecule has 0 aromatic heterocycles. The van der Waals surface area contributed by atoms with Crippen LogP contribution >= 0.6 is 0 Å². The number of nitrogens with zero attached hydrogens (tertiary/aromatic N) is 1. The summed E-state index contributed by atoms with van der Waals surface area (Å²) in [6.07, 6.45) is 5.01. The lowest BCUT2D eigenvalue weighted by atomic mass is 9.90. The van der Waals surface area contributed by atoms with E-state index in [9.17, 15) is 0 Å². The van der Waals surface area contributed by atoms with Crippen LogP contribution in [0.25, 0.3) is 0 Å². The number of anilines is 1. The first-order chi connectivity index (χ1) is 7.88. The molecule has 3 heteroatoms. The van der Waals surface area contributed by atoms with Gasteiger partial charge in [0.1, 0.15) is 12.2 Å². The quantitative estimate of drug-likeness (QED) is 0.722. The molecule has 0 saturated heterocycles. The van der Waals surface area contributed by atoms with Gasteiger partial charge in [-0.3, -0.25) is 0 Å². The summed E-state index contributed by atoms with van der Waals surface area (Å²) < 4.78 is 5.97. The van der Waals surface area contributed by atoms with Crippen molar-refractivity contribution in [2.45, 2.75) is 37.8 Å². The van der Waals surface area contributed by atoms with Crippen molar-refractivity contribution in [1.29, 1.82) is 5.26 Å². The monoisotopic (exact) mass is 214 g/mol. The third-order valence-electron chi connectivity index (χ3n) is 3.45. The fourth-order valence-electron chi connectivity index (χ4n) is 2.62. The summed E-state index contributed by atoms with van der Waals surface area (Å²) in [4.78, 5) is 0. The highest BCUT2D eigenvalue weighted by Gasteiger charge is 2.32. The van der Waals surface area contributed by atoms with Gasteiger partial charge in [0, 0.05) is 0 Å². The zero-order valence-electron chi connectivity index (χ0n) is 9.07. The number of nitriles is 1. The highest BCUT2D eigenvalue weighted by atomic mass is 16.5. The summed E-state index contributed by atoms with van der Waals surface area (Å²) in [5.41, 5.74) is 1.61. The van der Waals surface area contributed by atoms with E-state index in [1.54, 1.807) is 0 Å². The third kappa shape index (κ3) is 1.42. The van der Waals surface area contributed by atoms with E-state index in [1.807, 2.05) is 18.2 Å². The molecule has 1 heterocycles. The van der Waals surface area contributed by atoms with Gasteiger partial charge in [0.25, 0.3) is 0 Å². The lowest BCUT2D eigenvalue weighted by Gasteiger charge is -2.38. The molecule has 0 amide bonds. The van der Waals surface area contributed by atoms with Gasteiger partial charge < -0.3 is 10.1 Å². The van der Waals surface area contributed by atoms with Crippen LogP contribution in [0.2, 0.25) is 0 Å². The highest BCUT2D eigenvalue weighted by molar-refractivity contribution is 5.65. The number of nitrogens with one attached hydrogen (secondary N) is 1. The molecule has 0 radical (unpaired) electrons. The first kappa shape index (κ1) is 9.53. The molecule has 82 valence electrons. The molecule has 1 aromatic rings. The van der Waals surface area contributed by atoms with Crippen molar-refractivity contribution in [1.82, 2.24) is 0 Å². The van der Waals surface area contributed by atoms with Gasteiger partial charge in [-0.15, -0.1) is 0 Å². The van der Waals surface area contributed by atoms with E-state index in [2.05, 4.69) is 11.4 Å². The van der Waals surface area contributed by atoms with Crippen LogP contribution in [0, 0.1) is 11.3 Å². The fraction of sp³-hybridized carbons (Fsp3) is 0.462. The van der Waals surface area contributed by atoms with E-state index < -0.39 is 0 Å². The second kappa shape index (κ2) is 3.71. The number of para-hydroxylation sites is 1. The Hall–Kier alpha value is -1.69. The molecule has 16 heavy (non-hydrogen) atoms. The minimum atomic E-state index is 0.246. The zero-order valence-corrected chi connectivity index (χ0v) is 9.07. The molecular weight excluding hydrogens is 200 g/mol. The number of fused-ring (bicyclic) bond motifs is 2. The van der Waals surface area contributed by atoms with Crippen LogP contribution in [0.1, 0.15) is 31.2 Å². The van der Waals surface area contributed by atoms with Gasteiger partial charge in [-0.2, -0.15) is 5.26 Å². The Balaban J connectivity index is 1.99. The van der Waals surface area contributed by atoms with E-state index >= 15 is 0 Å². The Bertz CT molecular complexity index is 450. The van der Waals surface area contributed by atoms with Gasteiger partial charge in [0.05, 0.1) is 17.3 Å². The normalized spacial score (nSPS) is 26.7. The van der Waals surface area contributed by atoms with Crippen LogP contribution in [0.5, 0.6) is 5.75 Å². The molecule has 0 spiro atoms. The Morgan fingerprint density at radius 3 is 3.06 bits per heavy atom. The van der Waals surface area contributed by atoms with Crippen molar-refractivity contribution in [2.75, 3.05) is 5.32 Å². The van der Waals surface area contributed by atoms with Gasteiger partial charge >= 0.3 is 0 Å². The molecule has 2 unspecified atom stereocenters. The Morgan fingerprint density at radius 1 is 1.31 bits per heavy atom. The second-order valence-electron chi connectivity index (χ2n) is 4.49. The van der Waals surface area contributed by atoms with Crippen molar-refractivity contribution in [3.05, 3.63) is 23.8 Å². The lowest BCUT2D eigenvalue weighted by molar-refractivity contribution is 0.130. The molecule has 3 nitrogen and oxygen atoms in total. The van der Waals surface area contributed by atoms with Crippen LogP contribution in [-0.4, -0.2) is 12.1 Å². The minimum Gasteiger partial charge on any atom is -0.485 e. The molecule has 1 fully saturated rings. The first-order valence-electron chi connectivity index (χ1n) is 5.85. The predicted molar refractivity (Wildman–Crippen MR) is 61.5 cm³/mol. The smallest absolute Gasteiger partial charge is 0.160 e. The van der Waals surface area contributed by atoms with Crippen LogP contribution in [0.4, 0.5) is 5.69 Å². The largest absolute Gasteiger partial charge is 0.485 e. The van der Waals surface area contributed by atoms with Crippen LogP contribution in [-0.2, 0) is 0 Å². The molecule has 1 aliphatic carbocycles. The molecule has 3 rings (SSSR count).